The molecule has 0 radical (unpaired) electrons. The Morgan fingerprint density at radius 2 is 1.50 bits per heavy atom. The SMILES string of the molecule is c1ccc(-c2n[nH]c(C3CCN(Cc4ccc(-c5c(-c6ccccc6)nc6scnn56)cc4)CC3)n2)cc1. The van der Waals surface area contributed by atoms with Crippen molar-refractivity contribution < 1.29 is 0 Å². The van der Waals surface area contributed by atoms with Crippen LogP contribution in [0.4, 0.5) is 0 Å². The smallest absolute Gasteiger partial charge is 0.213 e. The largest absolute Gasteiger partial charge is 0.299 e. The maximum Gasteiger partial charge on any atom is 0.213 e. The molecule has 0 amide bonds. The highest BCUT2D eigenvalue weighted by molar-refractivity contribution is 7.14. The number of likely N-dealkylation sites (tertiary alicyclic amines) is 1. The van der Waals surface area contributed by atoms with E-state index < -0.39 is 0 Å². The molecular weight excluding hydrogens is 490 g/mol. The maximum atomic E-state index is 4.88. The van der Waals surface area contributed by atoms with Gasteiger partial charge < -0.3 is 0 Å². The van der Waals surface area contributed by atoms with E-state index in [0.29, 0.717) is 5.92 Å². The third-order valence-corrected chi connectivity index (χ3v) is 8.01. The van der Waals surface area contributed by atoms with Crippen LogP contribution in [0.1, 0.15) is 30.1 Å². The van der Waals surface area contributed by atoms with Gasteiger partial charge in [-0.3, -0.25) is 10.00 Å². The van der Waals surface area contributed by atoms with Crippen LogP contribution in [0, 0.1) is 0 Å². The molecule has 0 unspecified atom stereocenters. The van der Waals surface area contributed by atoms with Crippen molar-refractivity contribution in [2.24, 2.45) is 0 Å². The van der Waals surface area contributed by atoms with E-state index in [9.17, 15) is 0 Å². The van der Waals surface area contributed by atoms with Crippen LogP contribution in [-0.2, 0) is 6.54 Å². The molecule has 7 rings (SSSR count). The summed E-state index contributed by atoms with van der Waals surface area (Å²) in [5.74, 6) is 2.22. The summed E-state index contributed by atoms with van der Waals surface area (Å²) >= 11 is 1.56. The average molecular weight is 518 g/mol. The summed E-state index contributed by atoms with van der Waals surface area (Å²) in [6.45, 7) is 3.05. The van der Waals surface area contributed by atoms with Gasteiger partial charge in [0.25, 0.3) is 0 Å². The summed E-state index contributed by atoms with van der Waals surface area (Å²) in [5.41, 5.74) is 8.47. The van der Waals surface area contributed by atoms with Crippen LogP contribution in [-0.4, -0.2) is 47.8 Å². The normalized spacial score (nSPS) is 14.8. The minimum atomic E-state index is 0.428. The lowest BCUT2D eigenvalue weighted by molar-refractivity contribution is 0.202. The number of piperidine rings is 1. The highest BCUT2D eigenvalue weighted by Crippen LogP contribution is 2.34. The minimum Gasteiger partial charge on any atom is -0.299 e. The van der Waals surface area contributed by atoms with Crippen LogP contribution in [0.15, 0.2) is 90.4 Å². The predicted molar refractivity (Wildman–Crippen MR) is 151 cm³/mol. The van der Waals surface area contributed by atoms with E-state index in [-0.39, 0.29) is 0 Å². The Kier molecular flexibility index (Phi) is 6.03. The maximum absolute atomic E-state index is 4.88. The molecule has 1 aliphatic heterocycles. The van der Waals surface area contributed by atoms with E-state index >= 15 is 0 Å². The molecule has 1 N–H and O–H groups in total. The number of fused-ring (bicyclic) bond motifs is 1. The van der Waals surface area contributed by atoms with Gasteiger partial charge in [-0.05, 0) is 31.5 Å². The first-order chi connectivity index (χ1) is 18.8. The van der Waals surface area contributed by atoms with Gasteiger partial charge >= 0.3 is 0 Å². The summed E-state index contributed by atoms with van der Waals surface area (Å²) < 4.78 is 1.96. The minimum absolute atomic E-state index is 0.428. The molecule has 0 spiro atoms. The Bertz CT molecular complexity index is 1640. The molecule has 4 heterocycles. The molecule has 8 heteroatoms. The van der Waals surface area contributed by atoms with Gasteiger partial charge in [0.2, 0.25) is 4.96 Å². The van der Waals surface area contributed by atoms with Crippen molar-refractivity contribution in [2.75, 3.05) is 13.1 Å². The van der Waals surface area contributed by atoms with Gasteiger partial charge in [0.05, 0.1) is 0 Å². The fraction of sp³-hybridized carbons (Fsp3) is 0.200. The van der Waals surface area contributed by atoms with Crippen LogP contribution in [0.2, 0.25) is 0 Å². The molecule has 188 valence electrons. The summed E-state index contributed by atoms with van der Waals surface area (Å²) in [5, 5.41) is 12.2. The van der Waals surface area contributed by atoms with Crippen molar-refractivity contribution in [3.05, 3.63) is 102 Å². The topological polar surface area (TPSA) is 75.0 Å². The quantitative estimate of drug-likeness (QED) is 0.281. The molecule has 0 bridgehead atoms. The molecule has 1 saturated heterocycles. The molecule has 7 nitrogen and oxygen atoms in total. The van der Waals surface area contributed by atoms with Crippen molar-refractivity contribution in [3.63, 3.8) is 0 Å². The van der Waals surface area contributed by atoms with Crippen molar-refractivity contribution in [2.45, 2.75) is 25.3 Å². The van der Waals surface area contributed by atoms with E-state index in [1.165, 1.54) is 5.56 Å². The monoisotopic (exact) mass is 517 g/mol. The number of imidazole rings is 1. The molecular formula is C30H27N7S. The first kappa shape index (κ1) is 23.0. The Morgan fingerprint density at radius 1 is 0.789 bits per heavy atom. The van der Waals surface area contributed by atoms with Crippen LogP contribution in [0.3, 0.4) is 0 Å². The number of nitrogens with zero attached hydrogens (tertiary/aromatic N) is 6. The summed E-state index contributed by atoms with van der Waals surface area (Å²) in [6.07, 6.45) is 2.17. The fourth-order valence-corrected chi connectivity index (χ4v) is 5.93. The molecule has 38 heavy (non-hydrogen) atoms. The molecule has 3 aromatic heterocycles. The van der Waals surface area contributed by atoms with Gasteiger partial charge in [-0.15, -0.1) is 0 Å². The Hall–Kier alpha value is -4.14. The van der Waals surface area contributed by atoms with E-state index in [2.05, 4.69) is 80.9 Å². The summed E-state index contributed by atoms with van der Waals surface area (Å²) in [4.78, 5) is 13.1. The van der Waals surface area contributed by atoms with E-state index in [4.69, 9.17) is 9.97 Å². The van der Waals surface area contributed by atoms with Crippen molar-refractivity contribution in [1.82, 2.24) is 34.7 Å². The Morgan fingerprint density at radius 3 is 2.24 bits per heavy atom. The number of rotatable bonds is 6. The average Bonchev–Trinajstić information content (AvgIpc) is 3.72. The molecule has 0 atom stereocenters. The molecule has 0 saturated carbocycles. The zero-order valence-electron chi connectivity index (χ0n) is 20.9. The number of hydrogen-bond acceptors (Lipinski definition) is 6. The fourth-order valence-electron chi connectivity index (χ4n) is 5.31. The summed E-state index contributed by atoms with van der Waals surface area (Å²) in [7, 11) is 0. The molecule has 3 aromatic carbocycles. The second kappa shape index (κ2) is 9.96. The third-order valence-electron chi connectivity index (χ3n) is 7.34. The van der Waals surface area contributed by atoms with Gasteiger partial charge in [0.15, 0.2) is 5.82 Å². The zero-order valence-corrected chi connectivity index (χ0v) is 21.7. The Labute approximate surface area is 224 Å². The van der Waals surface area contributed by atoms with Crippen LogP contribution < -0.4 is 0 Å². The van der Waals surface area contributed by atoms with Gasteiger partial charge in [0.1, 0.15) is 22.7 Å². The lowest BCUT2D eigenvalue weighted by Crippen LogP contribution is -2.32. The number of aromatic nitrogens is 6. The van der Waals surface area contributed by atoms with Crippen molar-refractivity contribution in [3.8, 4) is 33.9 Å². The molecule has 1 aliphatic rings. The van der Waals surface area contributed by atoms with Gasteiger partial charge in [0, 0.05) is 29.2 Å². The second-order valence-electron chi connectivity index (χ2n) is 9.77. The zero-order chi connectivity index (χ0) is 25.3. The van der Waals surface area contributed by atoms with Crippen LogP contribution in [0.25, 0.3) is 38.9 Å². The third kappa shape index (κ3) is 4.42. The summed E-state index contributed by atoms with van der Waals surface area (Å²) in [6, 6.07) is 29.4. The lowest BCUT2D eigenvalue weighted by Gasteiger charge is -2.30. The first-order valence-electron chi connectivity index (χ1n) is 13.0. The highest BCUT2D eigenvalue weighted by Gasteiger charge is 2.24. The van der Waals surface area contributed by atoms with Crippen LogP contribution in [0.5, 0.6) is 0 Å². The molecule has 1 fully saturated rings. The molecule has 0 aliphatic carbocycles. The van der Waals surface area contributed by atoms with E-state index in [1.807, 2.05) is 34.3 Å². The standard InChI is InChI=1S/C30H27N7S/c1-3-7-22(8-4-1)26-27(37-30(32-26)38-20-31-37)23-13-11-21(12-14-23)19-36-17-15-25(16-18-36)29-33-28(34-35-29)24-9-5-2-6-10-24/h1-14,20,25H,15-19H2,(H,33,34,35). The first-order valence-corrected chi connectivity index (χ1v) is 13.9. The molecule has 6 aromatic rings. The van der Waals surface area contributed by atoms with Crippen molar-refractivity contribution in [1.29, 1.82) is 0 Å². The van der Waals surface area contributed by atoms with Gasteiger partial charge in [-0.1, -0.05) is 96.3 Å². The van der Waals surface area contributed by atoms with Gasteiger partial charge in [-0.25, -0.2) is 14.5 Å². The predicted octanol–water partition coefficient (Wildman–Crippen LogP) is 6.29. The van der Waals surface area contributed by atoms with Gasteiger partial charge in [-0.2, -0.15) is 10.2 Å². The lowest BCUT2D eigenvalue weighted by atomic mass is 9.95. The van der Waals surface area contributed by atoms with E-state index in [0.717, 1.165) is 77.2 Å². The van der Waals surface area contributed by atoms with Crippen LogP contribution >= 0.6 is 11.3 Å². The number of nitrogens with one attached hydrogen (secondary N) is 1. The number of H-pyrrole nitrogens is 1. The number of aromatic amines is 1. The van der Waals surface area contributed by atoms with E-state index in [1.54, 1.807) is 11.3 Å². The van der Waals surface area contributed by atoms with Crippen molar-refractivity contribution >= 4 is 16.3 Å². The number of benzene rings is 3. The second-order valence-corrected chi connectivity index (χ2v) is 10.6. The Balaban J connectivity index is 1.03. The highest BCUT2D eigenvalue weighted by atomic mass is 32.1. The number of hydrogen-bond donors (Lipinski definition) is 1.